The molecule has 0 aliphatic carbocycles. The molecule has 0 amide bonds. The minimum Gasteiger partial charge on any atom is -0.489 e. The summed E-state index contributed by atoms with van der Waals surface area (Å²) in [4.78, 5) is 2.27. The zero-order chi connectivity index (χ0) is 9.97. The van der Waals surface area contributed by atoms with Crippen LogP contribution in [0, 0.1) is 0 Å². The molecule has 0 saturated carbocycles. The molecular formula is C11H14ClNO. The SMILES string of the molecule is CN1CC[C@@H](Oc2cccc(Cl)c2)C1. The van der Waals surface area contributed by atoms with E-state index in [1.54, 1.807) is 0 Å². The molecule has 2 rings (SSSR count). The summed E-state index contributed by atoms with van der Waals surface area (Å²) in [5.74, 6) is 0.873. The summed E-state index contributed by atoms with van der Waals surface area (Å²) in [6, 6.07) is 7.58. The first-order chi connectivity index (χ1) is 6.74. The molecule has 3 heteroatoms. The van der Waals surface area contributed by atoms with E-state index < -0.39 is 0 Å². The summed E-state index contributed by atoms with van der Waals surface area (Å²) < 4.78 is 5.80. The van der Waals surface area contributed by atoms with E-state index in [0.717, 1.165) is 30.3 Å². The van der Waals surface area contributed by atoms with E-state index in [2.05, 4.69) is 11.9 Å². The number of rotatable bonds is 2. The summed E-state index contributed by atoms with van der Waals surface area (Å²) in [6.45, 7) is 2.12. The molecule has 0 aromatic heterocycles. The predicted molar refractivity (Wildman–Crippen MR) is 58.0 cm³/mol. The Balaban J connectivity index is 1.97. The van der Waals surface area contributed by atoms with Crippen LogP contribution in [0.15, 0.2) is 24.3 Å². The molecule has 1 atom stereocenters. The first kappa shape index (κ1) is 9.81. The lowest BCUT2D eigenvalue weighted by Gasteiger charge is -2.13. The van der Waals surface area contributed by atoms with Crippen LogP contribution in [0.4, 0.5) is 0 Å². The molecule has 2 nitrogen and oxygen atoms in total. The van der Waals surface area contributed by atoms with E-state index in [9.17, 15) is 0 Å². The first-order valence-electron chi connectivity index (χ1n) is 4.85. The number of ether oxygens (including phenoxy) is 1. The highest BCUT2D eigenvalue weighted by atomic mass is 35.5. The standard InChI is InChI=1S/C11H14ClNO/c1-13-6-5-11(8-13)14-10-4-2-3-9(12)7-10/h2-4,7,11H,5-6,8H2,1H3/t11-/m1/s1. The molecule has 1 aromatic carbocycles. The summed E-state index contributed by atoms with van der Waals surface area (Å²) in [7, 11) is 2.11. The minimum atomic E-state index is 0.318. The fraction of sp³-hybridized carbons (Fsp3) is 0.455. The summed E-state index contributed by atoms with van der Waals surface area (Å²) in [6.07, 6.45) is 1.42. The molecule has 76 valence electrons. The third-order valence-electron chi connectivity index (χ3n) is 2.45. The molecular weight excluding hydrogens is 198 g/mol. The Kier molecular flexibility index (Phi) is 2.94. The van der Waals surface area contributed by atoms with Gasteiger partial charge in [0, 0.05) is 18.1 Å². The van der Waals surface area contributed by atoms with Crippen LogP contribution in [0.3, 0.4) is 0 Å². The van der Waals surface area contributed by atoms with E-state index in [-0.39, 0.29) is 0 Å². The topological polar surface area (TPSA) is 12.5 Å². The maximum atomic E-state index is 5.87. The van der Waals surface area contributed by atoms with Gasteiger partial charge in [-0.3, -0.25) is 0 Å². The number of halogens is 1. The molecule has 1 heterocycles. The van der Waals surface area contributed by atoms with Gasteiger partial charge in [-0.2, -0.15) is 0 Å². The Morgan fingerprint density at radius 2 is 2.36 bits per heavy atom. The second-order valence-corrected chi connectivity index (χ2v) is 4.18. The van der Waals surface area contributed by atoms with E-state index in [4.69, 9.17) is 16.3 Å². The van der Waals surface area contributed by atoms with Crippen LogP contribution >= 0.6 is 11.6 Å². The number of hydrogen-bond donors (Lipinski definition) is 0. The molecule has 1 saturated heterocycles. The third-order valence-corrected chi connectivity index (χ3v) is 2.68. The van der Waals surface area contributed by atoms with Crippen molar-refractivity contribution in [1.82, 2.24) is 4.90 Å². The van der Waals surface area contributed by atoms with Crippen LogP contribution in [0.2, 0.25) is 5.02 Å². The number of benzene rings is 1. The lowest BCUT2D eigenvalue weighted by molar-refractivity contribution is 0.208. The van der Waals surface area contributed by atoms with Crippen molar-refractivity contribution in [1.29, 1.82) is 0 Å². The second-order valence-electron chi connectivity index (χ2n) is 3.75. The van der Waals surface area contributed by atoms with Crippen molar-refractivity contribution < 1.29 is 4.74 Å². The van der Waals surface area contributed by atoms with Crippen molar-refractivity contribution in [3.8, 4) is 5.75 Å². The van der Waals surface area contributed by atoms with Crippen LogP contribution < -0.4 is 4.74 Å². The van der Waals surface area contributed by atoms with Gasteiger partial charge in [-0.25, -0.2) is 0 Å². The number of likely N-dealkylation sites (N-methyl/N-ethyl adjacent to an activating group) is 1. The predicted octanol–water partition coefficient (Wildman–Crippen LogP) is 2.42. The van der Waals surface area contributed by atoms with Crippen molar-refractivity contribution in [2.45, 2.75) is 12.5 Å². The molecule has 0 N–H and O–H groups in total. The van der Waals surface area contributed by atoms with E-state index in [1.807, 2.05) is 24.3 Å². The average Bonchev–Trinajstić information content (AvgIpc) is 2.51. The van der Waals surface area contributed by atoms with Gasteiger partial charge in [0.2, 0.25) is 0 Å². The summed E-state index contributed by atoms with van der Waals surface area (Å²) in [5, 5.41) is 0.730. The van der Waals surface area contributed by atoms with Gasteiger partial charge in [-0.15, -0.1) is 0 Å². The Bertz CT molecular complexity index is 316. The molecule has 1 aromatic rings. The lowest BCUT2D eigenvalue weighted by atomic mass is 10.3. The number of nitrogens with zero attached hydrogens (tertiary/aromatic N) is 1. The Morgan fingerprint density at radius 3 is 3.00 bits per heavy atom. The first-order valence-corrected chi connectivity index (χ1v) is 5.22. The zero-order valence-corrected chi connectivity index (χ0v) is 9.00. The van der Waals surface area contributed by atoms with Crippen molar-refractivity contribution in [3.05, 3.63) is 29.3 Å². The van der Waals surface area contributed by atoms with Crippen molar-refractivity contribution >= 4 is 11.6 Å². The Morgan fingerprint density at radius 1 is 1.50 bits per heavy atom. The third kappa shape index (κ3) is 2.40. The van der Waals surface area contributed by atoms with Gasteiger partial charge in [-0.1, -0.05) is 17.7 Å². The summed E-state index contributed by atoms with van der Waals surface area (Å²) >= 11 is 5.87. The highest BCUT2D eigenvalue weighted by Gasteiger charge is 2.20. The monoisotopic (exact) mass is 211 g/mol. The maximum Gasteiger partial charge on any atom is 0.121 e. The summed E-state index contributed by atoms with van der Waals surface area (Å²) in [5.41, 5.74) is 0. The maximum absolute atomic E-state index is 5.87. The molecule has 0 spiro atoms. The zero-order valence-electron chi connectivity index (χ0n) is 8.24. The number of hydrogen-bond acceptors (Lipinski definition) is 2. The normalized spacial score (nSPS) is 22.6. The van der Waals surface area contributed by atoms with Gasteiger partial charge in [0.05, 0.1) is 0 Å². The molecule has 1 aliphatic rings. The quantitative estimate of drug-likeness (QED) is 0.745. The van der Waals surface area contributed by atoms with Crippen LogP contribution in [0.1, 0.15) is 6.42 Å². The largest absolute Gasteiger partial charge is 0.489 e. The van der Waals surface area contributed by atoms with Gasteiger partial charge < -0.3 is 9.64 Å². The molecule has 0 bridgehead atoms. The molecule has 1 fully saturated rings. The van der Waals surface area contributed by atoms with E-state index in [1.165, 1.54) is 0 Å². The van der Waals surface area contributed by atoms with Gasteiger partial charge in [0.25, 0.3) is 0 Å². The van der Waals surface area contributed by atoms with Crippen LogP contribution in [0.5, 0.6) is 5.75 Å². The van der Waals surface area contributed by atoms with Crippen LogP contribution in [0.25, 0.3) is 0 Å². The molecule has 14 heavy (non-hydrogen) atoms. The van der Waals surface area contributed by atoms with Gasteiger partial charge >= 0.3 is 0 Å². The highest BCUT2D eigenvalue weighted by Crippen LogP contribution is 2.20. The number of likely N-dealkylation sites (tertiary alicyclic amines) is 1. The van der Waals surface area contributed by atoms with E-state index in [0.29, 0.717) is 6.10 Å². The molecule has 1 aliphatic heterocycles. The highest BCUT2D eigenvalue weighted by molar-refractivity contribution is 6.30. The fourth-order valence-corrected chi connectivity index (χ4v) is 1.90. The molecule has 0 unspecified atom stereocenters. The van der Waals surface area contributed by atoms with Gasteiger partial charge in [-0.05, 0) is 31.7 Å². The van der Waals surface area contributed by atoms with E-state index >= 15 is 0 Å². The van der Waals surface area contributed by atoms with Crippen LogP contribution in [-0.4, -0.2) is 31.1 Å². The van der Waals surface area contributed by atoms with Gasteiger partial charge in [0.15, 0.2) is 0 Å². The fourth-order valence-electron chi connectivity index (χ4n) is 1.72. The lowest BCUT2D eigenvalue weighted by Crippen LogP contribution is -2.21. The van der Waals surface area contributed by atoms with Crippen molar-refractivity contribution in [2.24, 2.45) is 0 Å². The van der Waals surface area contributed by atoms with Crippen molar-refractivity contribution in [2.75, 3.05) is 20.1 Å². The Hall–Kier alpha value is -0.730. The second kappa shape index (κ2) is 4.20. The molecule has 0 radical (unpaired) electrons. The van der Waals surface area contributed by atoms with Crippen molar-refractivity contribution in [3.63, 3.8) is 0 Å². The minimum absolute atomic E-state index is 0.318. The van der Waals surface area contributed by atoms with Crippen LogP contribution in [-0.2, 0) is 0 Å². The Labute approximate surface area is 89.4 Å². The van der Waals surface area contributed by atoms with Gasteiger partial charge in [0.1, 0.15) is 11.9 Å². The smallest absolute Gasteiger partial charge is 0.121 e. The average molecular weight is 212 g/mol.